The Morgan fingerprint density at radius 1 is 0.964 bits per heavy atom. The van der Waals surface area contributed by atoms with E-state index in [-0.39, 0.29) is 11.7 Å². The quantitative estimate of drug-likeness (QED) is 0.698. The fourth-order valence-corrected chi connectivity index (χ4v) is 4.14. The molecule has 0 spiro atoms. The lowest BCUT2D eigenvalue weighted by Crippen LogP contribution is -2.37. The number of hydrogen-bond acceptors (Lipinski definition) is 6. The average molecular weight is 405 g/mol. The van der Waals surface area contributed by atoms with E-state index in [9.17, 15) is 18.0 Å². The molecule has 28 heavy (non-hydrogen) atoms. The molecule has 1 aliphatic rings. The Morgan fingerprint density at radius 3 is 2.43 bits per heavy atom. The molecule has 2 heterocycles. The van der Waals surface area contributed by atoms with Crippen molar-refractivity contribution in [2.24, 2.45) is 14.1 Å². The third-order valence-corrected chi connectivity index (χ3v) is 5.92. The van der Waals surface area contributed by atoms with E-state index in [2.05, 4.69) is 4.72 Å². The molecule has 148 valence electrons. The molecule has 0 atom stereocenters. The van der Waals surface area contributed by atoms with Crippen LogP contribution in [0.15, 0.2) is 50.9 Å². The van der Waals surface area contributed by atoms with Gasteiger partial charge in [-0.3, -0.25) is 18.7 Å². The third kappa shape index (κ3) is 2.91. The van der Waals surface area contributed by atoms with Crippen LogP contribution in [0.3, 0.4) is 0 Å². The van der Waals surface area contributed by atoms with Gasteiger partial charge in [0, 0.05) is 21.6 Å². The molecule has 9 nitrogen and oxygen atoms in total. The normalized spacial score (nSPS) is 13.5. The van der Waals surface area contributed by atoms with Crippen molar-refractivity contribution in [2.45, 2.75) is 4.90 Å². The summed E-state index contributed by atoms with van der Waals surface area (Å²) in [5.41, 5.74) is -0.388. The predicted octanol–water partition coefficient (Wildman–Crippen LogP) is 1.06. The van der Waals surface area contributed by atoms with E-state index < -0.39 is 21.3 Å². The van der Waals surface area contributed by atoms with Crippen LogP contribution in [0.25, 0.3) is 10.9 Å². The van der Waals surface area contributed by atoms with Gasteiger partial charge < -0.3 is 9.47 Å². The van der Waals surface area contributed by atoms with Crippen LogP contribution in [0.5, 0.6) is 11.5 Å². The first kappa shape index (κ1) is 18.1. The fourth-order valence-electron chi connectivity index (χ4n) is 3.06. The minimum absolute atomic E-state index is 0. The van der Waals surface area contributed by atoms with E-state index in [1.807, 2.05) is 0 Å². The summed E-state index contributed by atoms with van der Waals surface area (Å²) < 4.78 is 41.2. The Balaban J connectivity index is 0.00000240. The number of anilines is 1. The van der Waals surface area contributed by atoms with E-state index >= 15 is 0 Å². The molecule has 0 saturated carbocycles. The van der Waals surface area contributed by atoms with E-state index in [0.29, 0.717) is 35.9 Å². The van der Waals surface area contributed by atoms with Crippen LogP contribution in [0.1, 0.15) is 1.43 Å². The van der Waals surface area contributed by atoms with Gasteiger partial charge in [0.2, 0.25) is 0 Å². The summed E-state index contributed by atoms with van der Waals surface area (Å²) in [6, 6.07) is 8.78. The minimum atomic E-state index is -3.97. The number of hydrogen-bond donors (Lipinski definition) is 1. The van der Waals surface area contributed by atoms with Crippen LogP contribution in [-0.4, -0.2) is 30.8 Å². The van der Waals surface area contributed by atoms with Crippen LogP contribution in [0.2, 0.25) is 0 Å². The summed E-state index contributed by atoms with van der Waals surface area (Å²) in [7, 11) is -1.10. The van der Waals surface area contributed by atoms with Crippen molar-refractivity contribution in [3.8, 4) is 11.5 Å². The van der Waals surface area contributed by atoms with E-state index in [0.717, 1.165) is 4.57 Å². The largest absolute Gasteiger partial charge is 0.486 e. The molecule has 0 aliphatic carbocycles. The molecule has 2 aromatic carbocycles. The SMILES string of the molecule is Cn1c(=O)c2cc(S(=O)(=O)Nc3ccc4c(c3)OCCO4)ccc2n(C)c1=O.[HH]. The van der Waals surface area contributed by atoms with Crippen molar-refractivity contribution in [1.29, 1.82) is 0 Å². The topological polar surface area (TPSA) is 109 Å². The molecule has 0 bridgehead atoms. The van der Waals surface area contributed by atoms with Crippen molar-refractivity contribution in [2.75, 3.05) is 17.9 Å². The highest BCUT2D eigenvalue weighted by Crippen LogP contribution is 2.33. The molecular formula is C18H19N3O6S. The summed E-state index contributed by atoms with van der Waals surface area (Å²) in [5.74, 6) is 0.998. The monoisotopic (exact) mass is 405 g/mol. The highest BCUT2D eigenvalue weighted by atomic mass is 32.2. The summed E-state index contributed by atoms with van der Waals surface area (Å²) in [6.45, 7) is 0.822. The highest BCUT2D eigenvalue weighted by Gasteiger charge is 2.19. The molecule has 0 unspecified atom stereocenters. The minimum Gasteiger partial charge on any atom is -0.486 e. The summed E-state index contributed by atoms with van der Waals surface area (Å²) >= 11 is 0. The van der Waals surface area contributed by atoms with Crippen molar-refractivity contribution >= 4 is 26.6 Å². The van der Waals surface area contributed by atoms with Crippen molar-refractivity contribution in [3.63, 3.8) is 0 Å². The number of aromatic nitrogens is 2. The lowest BCUT2D eigenvalue weighted by atomic mass is 10.2. The van der Waals surface area contributed by atoms with Gasteiger partial charge in [0.1, 0.15) is 13.2 Å². The second kappa shape index (κ2) is 6.41. The number of aryl methyl sites for hydroxylation is 1. The van der Waals surface area contributed by atoms with Gasteiger partial charge in [0.25, 0.3) is 15.6 Å². The maximum Gasteiger partial charge on any atom is 0.330 e. The van der Waals surface area contributed by atoms with Gasteiger partial charge in [0.15, 0.2) is 11.5 Å². The summed E-state index contributed by atoms with van der Waals surface area (Å²) in [5, 5.41) is 0.134. The van der Waals surface area contributed by atoms with Gasteiger partial charge in [-0.05, 0) is 30.3 Å². The van der Waals surface area contributed by atoms with Gasteiger partial charge in [-0.2, -0.15) is 0 Å². The zero-order valence-electron chi connectivity index (χ0n) is 15.1. The van der Waals surface area contributed by atoms with E-state index in [1.54, 1.807) is 12.1 Å². The summed E-state index contributed by atoms with van der Waals surface area (Å²) in [6.07, 6.45) is 0. The third-order valence-electron chi connectivity index (χ3n) is 4.54. The van der Waals surface area contributed by atoms with Crippen LogP contribution < -0.4 is 25.4 Å². The van der Waals surface area contributed by atoms with Gasteiger partial charge >= 0.3 is 5.69 Å². The number of sulfonamides is 1. The molecule has 10 heteroatoms. The predicted molar refractivity (Wildman–Crippen MR) is 105 cm³/mol. The molecule has 4 rings (SSSR count). The lowest BCUT2D eigenvalue weighted by Gasteiger charge is -2.19. The van der Waals surface area contributed by atoms with Crippen LogP contribution in [-0.2, 0) is 24.1 Å². The number of ether oxygens (including phenoxy) is 2. The number of rotatable bonds is 3. The first-order valence-electron chi connectivity index (χ1n) is 8.40. The van der Waals surface area contributed by atoms with Gasteiger partial charge in [-0.15, -0.1) is 0 Å². The van der Waals surface area contributed by atoms with Gasteiger partial charge in [-0.25, -0.2) is 13.2 Å². The van der Waals surface area contributed by atoms with Crippen LogP contribution in [0.4, 0.5) is 5.69 Å². The molecule has 3 aromatic rings. The second-order valence-electron chi connectivity index (χ2n) is 6.35. The Kier molecular flexibility index (Phi) is 4.15. The molecule has 0 fully saturated rings. The fraction of sp³-hybridized carbons (Fsp3) is 0.222. The first-order valence-corrected chi connectivity index (χ1v) is 9.88. The summed E-state index contributed by atoms with van der Waals surface area (Å²) in [4.78, 5) is 24.3. The maximum absolute atomic E-state index is 12.8. The standard InChI is InChI=1S/C18H17N3O6S.H2/c1-20-14-5-4-12(10-13(14)17(22)21(2)18(20)23)28(24,25)19-11-3-6-15-16(9-11)27-8-7-26-15;/h3-6,9-10,19H,7-8H2,1-2H3;1H. The zero-order chi connectivity index (χ0) is 20.1. The van der Waals surface area contributed by atoms with Crippen LogP contribution >= 0.6 is 0 Å². The highest BCUT2D eigenvalue weighted by molar-refractivity contribution is 7.92. The molecule has 1 aliphatic heterocycles. The van der Waals surface area contributed by atoms with Gasteiger partial charge in [-0.1, -0.05) is 0 Å². The smallest absolute Gasteiger partial charge is 0.330 e. The van der Waals surface area contributed by atoms with E-state index in [1.165, 1.54) is 42.9 Å². The Bertz CT molecular complexity index is 1330. The molecular weight excluding hydrogens is 386 g/mol. The zero-order valence-corrected chi connectivity index (χ0v) is 15.9. The first-order chi connectivity index (χ1) is 13.3. The lowest BCUT2D eigenvalue weighted by molar-refractivity contribution is 0.171. The Hall–Kier alpha value is -3.27. The van der Waals surface area contributed by atoms with Gasteiger partial charge in [0.05, 0.1) is 21.5 Å². The van der Waals surface area contributed by atoms with E-state index in [4.69, 9.17) is 9.47 Å². The van der Waals surface area contributed by atoms with Crippen molar-refractivity contribution in [3.05, 3.63) is 57.2 Å². The van der Waals surface area contributed by atoms with Crippen molar-refractivity contribution in [1.82, 2.24) is 9.13 Å². The number of benzene rings is 2. The molecule has 0 amide bonds. The molecule has 1 aromatic heterocycles. The molecule has 1 N–H and O–H groups in total. The second-order valence-corrected chi connectivity index (χ2v) is 8.03. The molecule has 0 saturated heterocycles. The molecule has 0 radical (unpaired) electrons. The average Bonchev–Trinajstić information content (AvgIpc) is 2.69. The number of nitrogens with zero attached hydrogens (tertiary/aromatic N) is 2. The Morgan fingerprint density at radius 2 is 1.68 bits per heavy atom. The number of fused-ring (bicyclic) bond motifs is 2. The van der Waals surface area contributed by atoms with Crippen molar-refractivity contribution < 1.29 is 19.3 Å². The van der Waals surface area contributed by atoms with Crippen LogP contribution in [0, 0.1) is 0 Å². The maximum atomic E-state index is 12.8. The Labute approximate surface area is 161 Å². The number of nitrogens with one attached hydrogen (secondary N) is 1.